The molecule has 1 aliphatic heterocycles. The van der Waals surface area contributed by atoms with Gasteiger partial charge in [-0.2, -0.15) is 0 Å². The predicted molar refractivity (Wildman–Crippen MR) is 204 cm³/mol. The number of hydrogen-bond donors (Lipinski definition) is 3. The van der Waals surface area contributed by atoms with Crippen LogP contribution in [0.25, 0.3) is 67.5 Å². The summed E-state index contributed by atoms with van der Waals surface area (Å²) in [7, 11) is 0. The third-order valence-corrected chi connectivity index (χ3v) is 9.76. The van der Waals surface area contributed by atoms with Gasteiger partial charge >= 0.3 is 0 Å². The van der Waals surface area contributed by atoms with Crippen molar-refractivity contribution in [2.45, 2.75) is 48.0 Å². The average molecular weight is 625 g/mol. The second kappa shape index (κ2) is 11.6. The molecule has 0 amide bonds. The van der Waals surface area contributed by atoms with Crippen LogP contribution in [0.15, 0.2) is 91.0 Å². The molecule has 0 radical (unpaired) electrons. The molecule has 48 heavy (non-hydrogen) atoms. The third-order valence-electron chi connectivity index (χ3n) is 9.76. The third kappa shape index (κ3) is 5.14. The molecule has 0 spiro atoms. The first-order chi connectivity index (χ1) is 23.2. The molecule has 0 atom stereocenters. The smallest absolute Gasteiger partial charge is 0.0737 e. The number of aromatic nitrogens is 4. The molecular formula is C44H40N4. The largest absolute Gasteiger partial charge is 0.355 e. The highest BCUT2D eigenvalue weighted by atomic mass is 14.8. The van der Waals surface area contributed by atoms with Crippen molar-refractivity contribution >= 4 is 45.3 Å². The first kappa shape index (κ1) is 29.8. The molecule has 0 saturated carbocycles. The summed E-state index contributed by atoms with van der Waals surface area (Å²) in [6.45, 7) is 13.2. The summed E-state index contributed by atoms with van der Waals surface area (Å²) in [4.78, 5) is 16.9. The van der Waals surface area contributed by atoms with Crippen molar-refractivity contribution in [3.05, 3.63) is 147 Å². The number of H-pyrrole nitrogens is 3. The molecule has 8 bridgehead atoms. The number of rotatable bonds is 4. The van der Waals surface area contributed by atoms with Gasteiger partial charge in [0.15, 0.2) is 0 Å². The summed E-state index contributed by atoms with van der Waals surface area (Å²) in [5.74, 6) is 0. The van der Waals surface area contributed by atoms with Crippen LogP contribution in [0.2, 0.25) is 0 Å². The molecule has 236 valence electrons. The van der Waals surface area contributed by atoms with Gasteiger partial charge in [0, 0.05) is 45.2 Å². The Morgan fingerprint density at radius 1 is 0.438 bits per heavy atom. The summed E-state index contributed by atoms with van der Waals surface area (Å²) >= 11 is 0. The van der Waals surface area contributed by atoms with Crippen LogP contribution in [0.3, 0.4) is 0 Å². The van der Waals surface area contributed by atoms with Crippen LogP contribution in [0, 0.1) is 41.5 Å². The van der Waals surface area contributed by atoms with Gasteiger partial charge in [0.2, 0.25) is 0 Å². The minimum atomic E-state index is 0.756. The van der Waals surface area contributed by atoms with Gasteiger partial charge in [0.05, 0.1) is 22.4 Å². The number of aryl methyl sites for hydroxylation is 6. The van der Waals surface area contributed by atoms with Crippen LogP contribution in [-0.2, 0) is 6.42 Å². The molecule has 4 nitrogen and oxygen atoms in total. The summed E-state index contributed by atoms with van der Waals surface area (Å²) in [6.07, 6.45) is 5.14. The first-order valence-electron chi connectivity index (χ1n) is 16.8. The summed E-state index contributed by atoms with van der Waals surface area (Å²) in [6, 6.07) is 33.1. The van der Waals surface area contributed by atoms with Gasteiger partial charge in [-0.3, -0.25) is 0 Å². The Morgan fingerprint density at radius 2 is 0.875 bits per heavy atom. The van der Waals surface area contributed by atoms with E-state index in [-0.39, 0.29) is 0 Å². The second-order valence-corrected chi connectivity index (χ2v) is 13.5. The van der Waals surface area contributed by atoms with E-state index in [4.69, 9.17) is 4.98 Å². The lowest BCUT2D eigenvalue weighted by Crippen LogP contribution is -1.95. The fourth-order valence-corrected chi connectivity index (χ4v) is 7.87. The van der Waals surface area contributed by atoms with Crippen LogP contribution < -0.4 is 0 Å². The van der Waals surface area contributed by atoms with Gasteiger partial charge in [-0.15, -0.1) is 0 Å². The van der Waals surface area contributed by atoms with Crippen molar-refractivity contribution < 1.29 is 0 Å². The Balaban J connectivity index is 1.55. The molecule has 4 heteroatoms. The van der Waals surface area contributed by atoms with Crippen molar-refractivity contribution in [3.63, 3.8) is 0 Å². The molecular weight excluding hydrogens is 585 g/mol. The Bertz CT molecular complexity index is 2490. The highest BCUT2D eigenvalue weighted by Gasteiger charge is 2.19. The first-order valence-corrected chi connectivity index (χ1v) is 16.8. The Hall–Kier alpha value is -5.61. The van der Waals surface area contributed by atoms with Gasteiger partial charge in [-0.05, 0) is 129 Å². The van der Waals surface area contributed by atoms with Crippen molar-refractivity contribution in [2.75, 3.05) is 0 Å². The molecule has 8 rings (SSSR count). The van der Waals surface area contributed by atoms with Crippen LogP contribution in [0.4, 0.5) is 0 Å². The van der Waals surface area contributed by atoms with E-state index in [1.54, 1.807) is 0 Å². The number of benzene rings is 3. The molecule has 0 saturated heterocycles. The maximum absolute atomic E-state index is 5.43. The number of aromatic amines is 3. The quantitative estimate of drug-likeness (QED) is 0.179. The van der Waals surface area contributed by atoms with E-state index in [9.17, 15) is 0 Å². The maximum Gasteiger partial charge on any atom is 0.0737 e. The topological polar surface area (TPSA) is 60.3 Å². The number of fused-ring (bicyclic) bond motifs is 9. The predicted octanol–water partition coefficient (Wildman–Crippen LogP) is 11.5. The molecule has 3 N–H and O–H groups in total. The summed E-state index contributed by atoms with van der Waals surface area (Å²) < 4.78 is 0. The number of nitrogens with zero attached hydrogens (tertiary/aromatic N) is 1. The van der Waals surface area contributed by atoms with Crippen molar-refractivity contribution in [1.82, 2.24) is 19.9 Å². The van der Waals surface area contributed by atoms with Crippen molar-refractivity contribution in [1.29, 1.82) is 0 Å². The number of hydrogen-bond acceptors (Lipinski definition) is 1. The molecule has 0 aliphatic carbocycles. The monoisotopic (exact) mass is 624 g/mol. The second-order valence-electron chi connectivity index (χ2n) is 13.5. The van der Waals surface area contributed by atoms with E-state index in [0.29, 0.717) is 0 Å². The van der Waals surface area contributed by atoms with Gasteiger partial charge in [0.1, 0.15) is 0 Å². The van der Waals surface area contributed by atoms with Gasteiger partial charge < -0.3 is 15.0 Å². The normalized spacial score (nSPS) is 12.0. The van der Waals surface area contributed by atoms with Crippen LogP contribution in [0.5, 0.6) is 0 Å². The Labute approximate surface area is 281 Å². The van der Waals surface area contributed by atoms with Crippen molar-refractivity contribution in [3.8, 4) is 22.3 Å². The van der Waals surface area contributed by atoms with Crippen LogP contribution in [-0.4, -0.2) is 19.9 Å². The fraction of sp³-hybridized carbons (Fsp3) is 0.159. The minimum Gasteiger partial charge on any atom is -0.355 e. The lowest BCUT2D eigenvalue weighted by molar-refractivity contribution is 1.16. The van der Waals surface area contributed by atoms with Gasteiger partial charge in [-0.25, -0.2) is 4.98 Å². The van der Waals surface area contributed by atoms with E-state index in [1.807, 2.05) is 0 Å². The fourth-order valence-electron chi connectivity index (χ4n) is 7.87. The van der Waals surface area contributed by atoms with Gasteiger partial charge in [0.25, 0.3) is 0 Å². The molecule has 1 aliphatic rings. The zero-order valence-electron chi connectivity index (χ0n) is 28.5. The van der Waals surface area contributed by atoms with Crippen molar-refractivity contribution in [2.24, 2.45) is 0 Å². The van der Waals surface area contributed by atoms with E-state index in [2.05, 4.69) is 160 Å². The standard InChI is InChI=1S/C44H40N4/c1-25-20-27(3)41(28(4)21-25)43-37-16-12-33(45-37)32(24-31-10-8-7-9-11-31)34-13-17-38(46-34)44(42-29(5)22-26(2)23-30(42)6)40-19-15-36(48-40)35-14-18-39(43)47-35/h7-23,45,47-48H,24H2,1-6H3. The van der Waals surface area contributed by atoms with E-state index in [0.717, 1.165) is 62.0 Å². The number of nitrogens with one attached hydrogen (secondary N) is 3. The summed E-state index contributed by atoms with van der Waals surface area (Å²) in [5, 5.41) is 0. The molecule has 0 unspecified atom stereocenters. The minimum absolute atomic E-state index is 0.756. The zero-order chi connectivity index (χ0) is 33.1. The molecule has 0 fully saturated rings. The van der Waals surface area contributed by atoms with Gasteiger partial charge in [-0.1, -0.05) is 65.7 Å². The average Bonchev–Trinajstić information content (AvgIpc) is 3.87. The highest BCUT2D eigenvalue weighted by molar-refractivity contribution is 5.99. The maximum atomic E-state index is 5.43. The van der Waals surface area contributed by atoms with E-state index >= 15 is 0 Å². The molecule has 5 heterocycles. The van der Waals surface area contributed by atoms with Crippen LogP contribution in [0.1, 0.15) is 55.9 Å². The zero-order valence-corrected chi connectivity index (χ0v) is 28.5. The Morgan fingerprint density at radius 3 is 1.44 bits per heavy atom. The Kier molecular flexibility index (Phi) is 7.18. The lowest BCUT2D eigenvalue weighted by atomic mass is 9.92. The SMILES string of the molecule is Cc1cc(C)c(-c2c3nc(c(Cc4ccccc4)c4ccc([nH]4)c(-c4c(C)cc(C)cc4C)c4ccc([nH]4)c4ccc2[nH]4)C=C3)c(C)c1. The van der Waals surface area contributed by atoms with E-state index < -0.39 is 0 Å². The highest BCUT2D eigenvalue weighted by Crippen LogP contribution is 2.38. The van der Waals surface area contributed by atoms with Crippen LogP contribution >= 0.6 is 0 Å². The van der Waals surface area contributed by atoms with E-state index in [1.165, 1.54) is 55.6 Å². The summed E-state index contributed by atoms with van der Waals surface area (Å²) in [5.41, 5.74) is 23.0. The molecule has 7 aromatic rings. The lowest BCUT2D eigenvalue weighted by Gasteiger charge is -2.13. The molecule has 3 aromatic carbocycles. The molecule has 4 aromatic heterocycles.